The molecule has 0 radical (unpaired) electrons. The zero-order chi connectivity index (χ0) is 21.8. The van der Waals surface area contributed by atoms with E-state index in [1.165, 1.54) is 0 Å². The first-order valence-corrected chi connectivity index (χ1v) is 11.7. The second-order valence-electron chi connectivity index (χ2n) is 6.89. The van der Waals surface area contributed by atoms with Crippen LogP contribution in [0, 0.1) is 0 Å². The fourth-order valence-corrected chi connectivity index (χ4v) is 5.10. The lowest BCUT2D eigenvalue weighted by Crippen LogP contribution is -2.28. The summed E-state index contributed by atoms with van der Waals surface area (Å²) in [6, 6.07) is 22.5. The Morgan fingerprint density at radius 3 is 2.71 bits per heavy atom. The standard InChI is InChI=1S/C24H21BrN2O3S/c1-2-30-21-13-6-5-12-20(21)27-22(28)15-31-24(27)16-8-7-9-17(14-16)26-23(29)18-10-3-4-11-19(18)25/h3-14,24H,2,15H2,1H3,(H,26,29). The minimum Gasteiger partial charge on any atom is -0.492 e. The van der Waals surface area contributed by atoms with E-state index in [2.05, 4.69) is 21.2 Å². The predicted molar refractivity (Wildman–Crippen MR) is 129 cm³/mol. The number of carbonyl (C=O) groups excluding carboxylic acids is 2. The SMILES string of the molecule is CCOc1ccccc1N1C(=O)CSC1c1cccc(NC(=O)c2ccccc2Br)c1. The van der Waals surface area contributed by atoms with E-state index >= 15 is 0 Å². The largest absolute Gasteiger partial charge is 0.492 e. The van der Waals surface area contributed by atoms with Gasteiger partial charge in [0.2, 0.25) is 5.91 Å². The molecule has 0 spiro atoms. The van der Waals surface area contributed by atoms with Gasteiger partial charge in [0.1, 0.15) is 11.1 Å². The summed E-state index contributed by atoms with van der Waals surface area (Å²) in [4.78, 5) is 27.3. The Kier molecular flexibility index (Phi) is 6.63. The van der Waals surface area contributed by atoms with Crippen LogP contribution in [0.4, 0.5) is 11.4 Å². The van der Waals surface area contributed by atoms with Crippen molar-refractivity contribution in [1.82, 2.24) is 0 Å². The summed E-state index contributed by atoms with van der Waals surface area (Å²) in [5.41, 5.74) is 2.93. The van der Waals surface area contributed by atoms with Crippen LogP contribution in [0.1, 0.15) is 28.2 Å². The van der Waals surface area contributed by atoms with Gasteiger partial charge in [-0.3, -0.25) is 14.5 Å². The molecular formula is C24H21BrN2O3S. The molecule has 5 nitrogen and oxygen atoms in total. The summed E-state index contributed by atoms with van der Waals surface area (Å²) in [7, 11) is 0. The molecule has 1 heterocycles. The van der Waals surface area contributed by atoms with Crippen molar-refractivity contribution in [3.8, 4) is 5.75 Å². The van der Waals surface area contributed by atoms with E-state index in [9.17, 15) is 9.59 Å². The zero-order valence-electron chi connectivity index (χ0n) is 16.9. The lowest BCUT2D eigenvalue weighted by Gasteiger charge is -2.26. The maximum atomic E-state index is 12.8. The highest BCUT2D eigenvalue weighted by atomic mass is 79.9. The highest BCUT2D eigenvalue weighted by Gasteiger charge is 2.35. The van der Waals surface area contributed by atoms with Crippen molar-refractivity contribution < 1.29 is 14.3 Å². The molecule has 1 saturated heterocycles. The van der Waals surface area contributed by atoms with Gasteiger partial charge in [0.05, 0.1) is 23.6 Å². The predicted octanol–water partition coefficient (Wildman–Crippen LogP) is 5.88. The number of rotatable bonds is 6. The molecule has 4 rings (SSSR count). The van der Waals surface area contributed by atoms with Crippen molar-refractivity contribution in [3.05, 3.63) is 88.4 Å². The van der Waals surface area contributed by atoms with Crippen LogP contribution in [0.25, 0.3) is 0 Å². The first-order valence-electron chi connectivity index (χ1n) is 9.90. The van der Waals surface area contributed by atoms with Crippen LogP contribution in [-0.2, 0) is 4.79 Å². The topological polar surface area (TPSA) is 58.6 Å². The fourth-order valence-electron chi connectivity index (χ4n) is 3.48. The Labute approximate surface area is 193 Å². The molecule has 0 bridgehead atoms. The van der Waals surface area contributed by atoms with Crippen LogP contribution >= 0.6 is 27.7 Å². The van der Waals surface area contributed by atoms with Gasteiger partial charge < -0.3 is 10.1 Å². The molecule has 1 atom stereocenters. The molecule has 3 aromatic carbocycles. The van der Waals surface area contributed by atoms with Gasteiger partial charge in [0.15, 0.2) is 0 Å². The Hall–Kier alpha value is -2.77. The molecule has 1 N–H and O–H groups in total. The lowest BCUT2D eigenvalue weighted by molar-refractivity contribution is -0.115. The minimum absolute atomic E-state index is 0.0322. The number of hydrogen-bond acceptors (Lipinski definition) is 4. The molecule has 0 aromatic heterocycles. The van der Waals surface area contributed by atoms with Crippen molar-refractivity contribution in [3.63, 3.8) is 0 Å². The van der Waals surface area contributed by atoms with E-state index in [1.807, 2.05) is 73.7 Å². The van der Waals surface area contributed by atoms with E-state index in [0.29, 0.717) is 29.4 Å². The summed E-state index contributed by atoms with van der Waals surface area (Å²) in [5.74, 6) is 0.908. The van der Waals surface area contributed by atoms with Gasteiger partial charge in [-0.2, -0.15) is 0 Å². The minimum atomic E-state index is -0.200. The molecule has 31 heavy (non-hydrogen) atoms. The Morgan fingerprint density at radius 1 is 1.13 bits per heavy atom. The van der Waals surface area contributed by atoms with Gasteiger partial charge in [0, 0.05) is 10.2 Å². The van der Waals surface area contributed by atoms with Gasteiger partial charge in [0.25, 0.3) is 5.91 Å². The average molecular weight is 497 g/mol. The molecule has 2 amide bonds. The molecule has 0 aliphatic carbocycles. The van der Waals surface area contributed by atoms with E-state index in [0.717, 1.165) is 15.7 Å². The molecule has 3 aromatic rings. The highest BCUT2D eigenvalue weighted by Crippen LogP contribution is 2.45. The number of ether oxygens (including phenoxy) is 1. The first kappa shape index (κ1) is 21.5. The third-order valence-corrected chi connectivity index (χ3v) is 6.74. The first-order chi connectivity index (χ1) is 15.1. The summed E-state index contributed by atoms with van der Waals surface area (Å²) in [6.07, 6.45) is 0. The fraction of sp³-hybridized carbons (Fsp3) is 0.167. The molecular weight excluding hydrogens is 476 g/mol. The third-order valence-electron chi connectivity index (χ3n) is 4.84. The smallest absolute Gasteiger partial charge is 0.256 e. The van der Waals surface area contributed by atoms with Gasteiger partial charge in [-0.15, -0.1) is 11.8 Å². The number of benzene rings is 3. The quantitative estimate of drug-likeness (QED) is 0.462. The van der Waals surface area contributed by atoms with Crippen molar-refractivity contribution in [2.75, 3.05) is 22.6 Å². The van der Waals surface area contributed by atoms with Crippen molar-refractivity contribution in [1.29, 1.82) is 0 Å². The van der Waals surface area contributed by atoms with Gasteiger partial charge >= 0.3 is 0 Å². The van der Waals surface area contributed by atoms with Crippen LogP contribution in [-0.4, -0.2) is 24.2 Å². The van der Waals surface area contributed by atoms with Crippen molar-refractivity contribution >= 4 is 50.9 Å². The number of nitrogens with one attached hydrogen (secondary N) is 1. The van der Waals surface area contributed by atoms with Crippen LogP contribution < -0.4 is 15.0 Å². The lowest BCUT2D eigenvalue weighted by atomic mass is 10.1. The van der Waals surface area contributed by atoms with Crippen molar-refractivity contribution in [2.45, 2.75) is 12.3 Å². The number of anilines is 2. The number of thioether (sulfide) groups is 1. The summed E-state index contributed by atoms with van der Waals surface area (Å²) in [6.45, 7) is 2.44. The normalized spacial score (nSPS) is 15.7. The van der Waals surface area contributed by atoms with Crippen LogP contribution in [0.3, 0.4) is 0 Å². The number of carbonyl (C=O) groups is 2. The van der Waals surface area contributed by atoms with E-state index in [1.54, 1.807) is 22.7 Å². The molecule has 1 unspecified atom stereocenters. The number of para-hydroxylation sites is 2. The van der Waals surface area contributed by atoms with Crippen molar-refractivity contribution in [2.24, 2.45) is 0 Å². The molecule has 1 aliphatic heterocycles. The Balaban J connectivity index is 1.62. The maximum Gasteiger partial charge on any atom is 0.256 e. The molecule has 0 saturated carbocycles. The number of amides is 2. The van der Waals surface area contributed by atoms with Crippen LogP contribution in [0.5, 0.6) is 5.75 Å². The van der Waals surface area contributed by atoms with Gasteiger partial charge in [-0.25, -0.2) is 0 Å². The monoisotopic (exact) mass is 496 g/mol. The molecule has 1 fully saturated rings. The van der Waals surface area contributed by atoms with E-state index in [4.69, 9.17) is 4.74 Å². The maximum absolute atomic E-state index is 12.8. The summed E-state index contributed by atoms with van der Waals surface area (Å²) < 4.78 is 6.49. The second-order valence-corrected chi connectivity index (χ2v) is 8.81. The summed E-state index contributed by atoms with van der Waals surface area (Å²) >= 11 is 4.98. The van der Waals surface area contributed by atoms with Gasteiger partial charge in [-0.05, 0) is 64.8 Å². The Bertz CT molecular complexity index is 1120. The number of hydrogen-bond donors (Lipinski definition) is 1. The summed E-state index contributed by atoms with van der Waals surface area (Å²) in [5, 5.41) is 2.75. The zero-order valence-corrected chi connectivity index (χ0v) is 19.3. The van der Waals surface area contributed by atoms with E-state index < -0.39 is 0 Å². The molecule has 1 aliphatic rings. The van der Waals surface area contributed by atoms with E-state index in [-0.39, 0.29) is 17.2 Å². The Morgan fingerprint density at radius 2 is 1.90 bits per heavy atom. The number of nitrogens with zero attached hydrogens (tertiary/aromatic N) is 1. The number of halogens is 1. The average Bonchev–Trinajstić information content (AvgIpc) is 3.16. The molecule has 7 heteroatoms. The second kappa shape index (κ2) is 9.58. The van der Waals surface area contributed by atoms with Gasteiger partial charge in [-0.1, -0.05) is 36.4 Å². The molecule has 158 valence electrons. The third kappa shape index (κ3) is 4.62. The van der Waals surface area contributed by atoms with Crippen LogP contribution in [0.2, 0.25) is 0 Å². The highest BCUT2D eigenvalue weighted by molar-refractivity contribution is 9.10. The van der Waals surface area contributed by atoms with Crippen LogP contribution in [0.15, 0.2) is 77.3 Å².